The number of fused-ring (bicyclic) bond motifs is 1. The number of hydrogen-bond donors (Lipinski definition) is 1. The number of ketones is 1. The van der Waals surface area contributed by atoms with Crippen molar-refractivity contribution in [2.24, 2.45) is 0 Å². The molecular weight excluding hydrogens is 450 g/mol. The van der Waals surface area contributed by atoms with Crippen LogP contribution in [0.4, 0.5) is 5.13 Å². The third-order valence-corrected chi connectivity index (χ3v) is 5.53. The number of aromatic nitrogens is 2. The number of benzene rings is 2. The molecule has 32 heavy (non-hydrogen) atoms. The lowest BCUT2D eigenvalue weighted by Crippen LogP contribution is -2.18. The highest BCUT2D eigenvalue weighted by molar-refractivity contribution is 7.14. The zero-order valence-corrected chi connectivity index (χ0v) is 18.4. The fourth-order valence-corrected chi connectivity index (χ4v) is 3.84. The van der Waals surface area contributed by atoms with Crippen LogP contribution in [0.5, 0.6) is 0 Å². The highest BCUT2D eigenvalue weighted by Gasteiger charge is 2.22. The minimum absolute atomic E-state index is 0.0785. The van der Waals surface area contributed by atoms with Crippen molar-refractivity contribution >= 4 is 56.6 Å². The van der Waals surface area contributed by atoms with Crippen molar-refractivity contribution in [1.29, 1.82) is 0 Å². The van der Waals surface area contributed by atoms with E-state index in [1.54, 1.807) is 31.2 Å². The van der Waals surface area contributed by atoms with Crippen LogP contribution in [0.1, 0.15) is 27.8 Å². The molecule has 2 heterocycles. The first-order valence-electron chi connectivity index (χ1n) is 9.60. The smallest absolute Gasteiger partial charge is 0.381 e. The number of ether oxygens (including phenoxy) is 1. The quantitative estimate of drug-likeness (QED) is 0.244. The number of Topliss-reactive ketones (excluding diaryl/α,β-unsaturated/α-hetero) is 1. The van der Waals surface area contributed by atoms with Crippen molar-refractivity contribution in [1.82, 2.24) is 9.97 Å². The number of rotatable bonds is 6. The van der Waals surface area contributed by atoms with Gasteiger partial charge in [0.2, 0.25) is 0 Å². The van der Waals surface area contributed by atoms with Crippen LogP contribution in [0.15, 0.2) is 60.0 Å². The van der Waals surface area contributed by atoms with Gasteiger partial charge in [-0.15, -0.1) is 11.3 Å². The first-order chi connectivity index (χ1) is 15.5. The fraction of sp³-hybridized carbons (Fsp3) is 0.0870. The average molecular weight is 466 g/mol. The van der Waals surface area contributed by atoms with Crippen molar-refractivity contribution in [3.63, 3.8) is 0 Å². The van der Waals surface area contributed by atoms with Crippen molar-refractivity contribution < 1.29 is 19.1 Å². The van der Waals surface area contributed by atoms with Crippen molar-refractivity contribution in [2.75, 3.05) is 11.9 Å². The summed E-state index contributed by atoms with van der Waals surface area (Å²) in [5.41, 5.74) is 2.40. The van der Waals surface area contributed by atoms with Gasteiger partial charge in [-0.3, -0.25) is 14.9 Å². The number of nitrogens with zero attached hydrogens (tertiary/aromatic N) is 2. The van der Waals surface area contributed by atoms with Gasteiger partial charge in [0.05, 0.1) is 23.4 Å². The predicted octanol–water partition coefficient (Wildman–Crippen LogP) is 5.01. The van der Waals surface area contributed by atoms with E-state index in [9.17, 15) is 14.4 Å². The van der Waals surface area contributed by atoms with E-state index < -0.39 is 17.7 Å². The van der Waals surface area contributed by atoms with Gasteiger partial charge in [0.1, 0.15) is 5.69 Å². The molecule has 0 aliphatic heterocycles. The van der Waals surface area contributed by atoms with Gasteiger partial charge >= 0.3 is 5.97 Å². The Morgan fingerprint density at radius 2 is 1.81 bits per heavy atom. The molecule has 4 rings (SSSR count). The predicted molar refractivity (Wildman–Crippen MR) is 123 cm³/mol. The van der Waals surface area contributed by atoms with E-state index in [1.165, 1.54) is 5.38 Å². The molecule has 2 aromatic heterocycles. The molecule has 2 aromatic carbocycles. The third-order valence-electron chi connectivity index (χ3n) is 4.52. The Bertz CT molecular complexity index is 1330. The molecule has 1 amide bonds. The second-order valence-corrected chi connectivity index (χ2v) is 7.92. The maximum absolute atomic E-state index is 13.1. The number of hydrogen-bond acceptors (Lipinski definition) is 7. The van der Waals surface area contributed by atoms with Crippen LogP contribution >= 0.6 is 22.9 Å². The standard InChI is InChI=1S/C23H16ClN3O4S/c1-2-31-22(30)20(28)19-12-32-23(26-19)27-21(29)16-11-18(13-7-9-14(24)10-8-13)25-17-6-4-3-5-15(16)17/h3-12H,2H2,1H3,(H,26,27,29). The number of anilines is 1. The SMILES string of the molecule is CCOC(=O)C(=O)c1csc(NC(=O)c2cc(-c3ccc(Cl)cc3)nc3ccccc23)n1. The molecule has 160 valence electrons. The van der Waals surface area contributed by atoms with Crippen LogP contribution in [-0.2, 0) is 9.53 Å². The molecule has 7 nitrogen and oxygen atoms in total. The number of amides is 1. The number of carbonyl (C=O) groups excluding carboxylic acids is 3. The van der Waals surface area contributed by atoms with Crippen LogP contribution in [0.25, 0.3) is 22.2 Å². The van der Waals surface area contributed by atoms with Gasteiger partial charge in [0.25, 0.3) is 11.7 Å². The van der Waals surface area contributed by atoms with Gasteiger partial charge < -0.3 is 4.74 Å². The van der Waals surface area contributed by atoms with Crippen LogP contribution in [0.3, 0.4) is 0 Å². The molecule has 0 unspecified atom stereocenters. The Kier molecular flexibility index (Phi) is 6.25. The molecule has 0 aliphatic rings. The van der Waals surface area contributed by atoms with Crippen LogP contribution in [0, 0.1) is 0 Å². The highest BCUT2D eigenvalue weighted by atomic mass is 35.5. The molecule has 0 saturated heterocycles. The molecule has 0 fully saturated rings. The Hall–Kier alpha value is -3.62. The minimum atomic E-state index is -0.983. The topological polar surface area (TPSA) is 98.2 Å². The summed E-state index contributed by atoms with van der Waals surface area (Å²) in [6, 6.07) is 16.2. The molecule has 0 atom stereocenters. The van der Waals surface area contributed by atoms with Crippen LogP contribution in [0.2, 0.25) is 5.02 Å². The highest BCUT2D eigenvalue weighted by Crippen LogP contribution is 2.27. The van der Waals surface area contributed by atoms with Crippen molar-refractivity contribution in [2.45, 2.75) is 6.92 Å². The molecule has 9 heteroatoms. The Morgan fingerprint density at radius 1 is 1.06 bits per heavy atom. The number of carbonyl (C=O) groups is 3. The van der Waals surface area contributed by atoms with Gasteiger partial charge in [0.15, 0.2) is 5.13 Å². The summed E-state index contributed by atoms with van der Waals surface area (Å²) in [6.07, 6.45) is 0. The lowest BCUT2D eigenvalue weighted by Gasteiger charge is -2.10. The maximum Gasteiger partial charge on any atom is 0.381 e. The first-order valence-corrected chi connectivity index (χ1v) is 10.9. The third kappa shape index (κ3) is 4.51. The van der Waals surface area contributed by atoms with Gasteiger partial charge in [-0.2, -0.15) is 0 Å². The molecule has 0 radical (unpaired) electrons. The number of esters is 1. The number of para-hydroxylation sites is 1. The van der Waals surface area contributed by atoms with E-state index in [1.807, 2.05) is 30.3 Å². The van der Waals surface area contributed by atoms with Gasteiger partial charge in [-0.1, -0.05) is 41.9 Å². The number of thiazole rings is 1. The summed E-state index contributed by atoms with van der Waals surface area (Å²) >= 11 is 7.03. The Balaban J connectivity index is 1.66. The normalized spacial score (nSPS) is 10.7. The molecule has 1 N–H and O–H groups in total. The Morgan fingerprint density at radius 3 is 2.56 bits per heavy atom. The van der Waals surface area contributed by atoms with Crippen molar-refractivity contribution in [3.05, 3.63) is 76.3 Å². The summed E-state index contributed by atoms with van der Waals surface area (Å²) in [5.74, 6) is -2.25. The molecule has 4 aromatic rings. The second kappa shape index (κ2) is 9.25. The molecular formula is C23H16ClN3O4S. The average Bonchev–Trinajstić information content (AvgIpc) is 3.26. The van der Waals surface area contributed by atoms with Gasteiger partial charge in [0, 0.05) is 21.4 Å². The van der Waals surface area contributed by atoms with Gasteiger partial charge in [-0.05, 0) is 31.2 Å². The van der Waals surface area contributed by atoms with E-state index in [4.69, 9.17) is 16.3 Å². The molecule has 0 bridgehead atoms. The molecule has 0 spiro atoms. The lowest BCUT2D eigenvalue weighted by atomic mass is 10.0. The minimum Gasteiger partial charge on any atom is -0.460 e. The van der Waals surface area contributed by atoms with Crippen LogP contribution < -0.4 is 5.32 Å². The summed E-state index contributed by atoms with van der Waals surface area (Å²) in [7, 11) is 0. The van der Waals surface area contributed by atoms with Crippen LogP contribution in [-0.4, -0.2) is 34.2 Å². The van der Waals surface area contributed by atoms with Crippen molar-refractivity contribution in [3.8, 4) is 11.3 Å². The second-order valence-electron chi connectivity index (χ2n) is 6.62. The number of nitrogens with one attached hydrogen (secondary N) is 1. The summed E-state index contributed by atoms with van der Waals surface area (Å²) in [4.78, 5) is 45.5. The van der Waals surface area contributed by atoms with E-state index in [-0.39, 0.29) is 17.4 Å². The molecule has 0 aliphatic carbocycles. The lowest BCUT2D eigenvalue weighted by molar-refractivity contribution is -0.137. The van der Waals surface area contributed by atoms with E-state index in [0.717, 1.165) is 16.9 Å². The summed E-state index contributed by atoms with van der Waals surface area (Å²) < 4.78 is 4.70. The van der Waals surface area contributed by atoms with E-state index in [0.29, 0.717) is 27.2 Å². The van der Waals surface area contributed by atoms with Gasteiger partial charge in [-0.25, -0.2) is 14.8 Å². The van der Waals surface area contributed by atoms with E-state index in [2.05, 4.69) is 15.3 Å². The summed E-state index contributed by atoms with van der Waals surface area (Å²) in [5, 5.41) is 5.56. The maximum atomic E-state index is 13.1. The number of halogens is 1. The molecule has 0 saturated carbocycles. The monoisotopic (exact) mass is 465 g/mol. The fourth-order valence-electron chi connectivity index (χ4n) is 3.03. The zero-order valence-electron chi connectivity index (χ0n) is 16.8. The Labute approximate surface area is 192 Å². The van der Waals surface area contributed by atoms with E-state index >= 15 is 0 Å². The first kappa shape index (κ1) is 21.6. The summed E-state index contributed by atoms with van der Waals surface area (Å²) in [6.45, 7) is 1.69. The number of pyridine rings is 1. The zero-order chi connectivity index (χ0) is 22.7. The largest absolute Gasteiger partial charge is 0.460 e.